The molecular weight excluding hydrogens is 516 g/mol. The van der Waals surface area contributed by atoms with Crippen molar-refractivity contribution in [3.05, 3.63) is 121 Å². The first-order valence-electron chi connectivity index (χ1n) is 10.7. The number of thiazole rings is 1. The number of ketones is 2. The highest BCUT2D eigenvalue weighted by atomic mass is 35.5. The number of halogens is 1. The third-order valence-electron chi connectivity index (χ3n) is 5.70. The molecule has 1 amide bonds. The van der Waals surface area contributed by atoms with Gasteiger partial charge in [0.2, 0.25) is 11.6 Å². The number of nitro benzene ring substituents is 1. The fourth-order valence-electron chi connectivity index (χ4n) is 3.93. The molecule has 9 nitrogen and oxygen atoms in total. The Morgan fingerprint density at radius 3 is 2.32 bits per heavy atom. The SMILES string of the molecule is NC1=C(n2c(-c3ccc(Cl)cc3)csc2=NC(=O)c2cccc([N+](=O)[O-])c2)C(=O)c2ccccc2C1=O. The number of benzene rings is 3. The Hall–Kier alpha value is -4.67. The summed E-state index contributed by atoms with van der Waals surface area (Å²) < 4.78 is 1.37. The van der Waals surface area contributed by atoms with Crippen molar-refractivity contribution < 1.29 is 19.3 Å². The van der Waals surface area contributed by atoms with Crippen LogP contribution in [-0.2, 0) is 0 Å². The maximum atomic E-state index is 13.6. The van der Waals surface area contributed by atoms with Crippen LogP contribution >= 0.6 is 22.9 Å². The minimum Gasteiger partial charge on any atom is -0.394 e. The van der Waals surface area contributed by atoms with E-state index in [1.807, 2.05) is 0 Å². The first-order valence-corrected chi connectivity index (χ1v) is 12.0. The number of fused-ring (bicyclic) bond motifs is 1. The van der Waals surface area contributed by atoms with Crippen LogP contribution in [0.1, 0.15) is 31.1 Å². The zero-order valence-corrected chi connectivity index (χ0v) is 20.3. The first kappa shape index (κ1) is 24.0. The number of hydrogen-bond acceptors (Lipinski definition) is 7. The largest absolute Gasteiger partial charge is 0.394 e. The highest BCUT2D eigenvalue weighted by molar-refractivity contribution is 7.07. The molecule has 1 aliphatic rings. The number of amides is 1. The molecule has 0 atom stereocenters. The normalized spacial score (nSPS) is 13.6. The van der Waals surface area contributed by atoms with E-state index >= 15 is 0 Å². The second kappa shape index (κ2) is 9.41. The molecule has 4 aromatic rings. The average Bonchev–Trinajstić information content (AvgIpc) is 3.30. The van der Waals surface area contributed by atoms with Crippen molar-refractivity contribution in [2.24, 2.45) is 10.7 Å². The molecule has 0 saturated carbocycles. The van der Waals surface area contributed by atoms with Crippen molar-refractivity contribution in [2.75, 3.05) is 0 Å². The molecule has 1 aromatic heterocycles. The molecule has 2 N–H and O–H groups in total. The van der Waals surface area contributed by atoms with E-state index < -0.39 is 22.4 Å². The average molecular weight is 531 g/mol. The minimum absolute atomic E-state index is 0.0134. The number of Topliss-reactive ketones (excluding diaryl/α,β-unsaturated/α-hetero) is 2. The Morgan fingerprint density at radius 1 is 0.973 bits per heavy atom. The number of non-ortho nitro benzene ring substituents is 1. The first-order chi connectivity index (χ1) is 17.8. The summed E-state index contributed by atoms with van der Waals surface area (Å²) in [5.41, 5.74) is 6.95. The van der Waals surface area contributed by atoms with Crippen molar-refractivity contribution in [1.82, 2.24) is 4.57 Å². The molecule has 0 radical (unpaired) electrons. The van der Waals surface area contributed by atoms with Gasteiger partial charge in [-0.2, -0.15) is 4.99 Å². The number of hydrogen-bond donors (Lipinski definition) is 1. The quantitative estimate of drug-likeness (QED) is 0.299. The number of nitrogens with two attached hydrogens (primary N) is 1. The zero-order valence-electron chi connectivity index (χ0n) is 18.8. The van der Waals surface area contributed by atoms with Gasteiger partial charge in [0.25, 0.3) is 11.6 Å². The fourth-order valence-corrected chi connectivity index (χ4v) is 4.95. The maximum Gasteiger partial charge on any atom is 0.279 e. The number of nitrogens with zero attached hydrogens (tertiary/aromatic N) is 3. The molecule has 11 heteroatoms. The third kappa shape index (κ3) is 4.28. The van der Waals surface area contributed by atoms with Gasteiger partial charge in [-0.3, -0.25) is 29.1 Å². The molecule has 1 aliphatic carbocycles. The molecule has 0 bridgehead atoms. The Kier molecular flexibility index (Phi) is 6.12. The van der Waals surface area contributed by atoms with Crippen LogP contribution in [0.2, 0.25) is 5.02 Å². The number of aromatic nitrogens is 1. The van der Waals surface area contributed by atoms with E-state index in [1.54, 1.807) is 41.8 Å². The lowest BCUT2D eigenvalue weighted by molar-refractivity contribution is -0.384. The summed E-state index contributed by atoms with van der Waals surface area (Å²) in [5, 5.41) is 13.3. The van der Waals surface area contributed by atoms with Crippen LogP contribution in [-0.4, -0.2) is 27.0 Å². The van der Waals surface area contributed by atoms with E-state index in [0.29, 0.717) is 16.3 Å². The van der Waals surface area contributed by atoms with E-state index in [4.69, 9.17) is 17.3 Å². The predicted molar refractivity (Wildman–Crippen MR) is 138 cm³/mol. The molecule has 0 fully saturated rings. The number of rotatable bonds is 4. The fraction of sp³-hybridized carbons (Fsp3) is 0. The van der Waals surface area contributed by atoms with E-state index in [1.165, 1.54) is 34.9 Å². The van der Waals surface area contributed by atoms with E-state index in [-0.39, 0.29) is 38.6 Å². The Bertz CT molecular complexity index is 1730. The summed E-state index contributed by atoms with van der Waals surface area (Å²) in [4.78, 5) is 54.5. The number of carbonyl (C=O) groups is 3. The third-order valence-corrected chi connectivity index (χ3v) is 6.78. The molecule has 5 rings (SSSR count). The van der Waals surface area contributed by atoms with Crippen LogP contribution in [0.4, 0.5) is 5.69 Å². The summed E-state index contributed by atoms with van der Waals surface area (Å²) in [6.45, 7) is 0. The van der Waals surface area contributed by atoms with Gasteiger partial charge in [0, 0.05) is 39.2 Å². The summed E-state index contributed by atoms with van der Waals surface area (Å²) in [7, 11) is 0. The zero-order chi connectivity index (χ0) is 26.3. The lowest BCUT2D eigenvalue weighted by Crippen LogP contribution is -2.32. The second-order valence-electron chi connectivity index (χ2n) is 7.94. The van der Waals surface area contributed by atoms with Crippen LogP contribution in [0.3, 0.4) is 0 Å². The van der Waals surface area contributed by atoms with Crippen molar-refractivity contribution in [3.8, 4) is 11.3 Å². The summed E-state index contributed by atoms with van der Waals surface area (Å²) in [6, 6.07) is 18.2. The van der Waals surface area contributed by atoms with Crippen molar-refractivity contribution in [2.45, 2.75) is 0 Å². The summed E-state index contributed by atoms with van der Waals surface area (Å²) in [5.74, 6) is -1.80. The Balaban J connectivity index is 1.75. The van der Waals surface area contributed by atoms with Gasteiger partial charge in [-0.05, 0) is 23.8 Å². The van der Waals surface area contributed by atoms with Crippen LogP contribution in [0.5, 0.6) is 0 Å². The Labute approximate surface area is 217 Å². The maximum absolute atomic E-state index is 13.6. The van der Waals surface area contributed by atoms with Crippen molar-refractivity contribution in [3.63, 3.8) is 0 Å². The van der Waals surface area contributed by atoms with Gasteiger partial charge in [0.15, 0.2) is 4.80 Å². The molecule has 0 aliphatic heterocycles. The van der Waals surface area contributed by atoms with E-state index in [0.717, 1.165) is 17.4 Å². The van der Waals surface area contributed by atoms with Gasteiger partial charge in [-0.25, -0.2) is 0 Å². The highest BCUT2D eigenvalue weighted by Crippen LogP contribution is 2.31. The molecule has 0 spiro atoms. The van der Waals surface area contributed by atoms with Crippen LogP contribution in [0.15, 0.2) is 88.9 Å². The number of allylic oxidation sites excluding steroid dienone is 2. The van der Waals surface area contributed by atoms with Gasteiger partial charge in [0.1, 0.15) is 11.4 Å². The van der Waals surface area contributed by atoms with Gasteiger partial charge < -0.3 is 5.73 Å². The topological polar surface area (TPSA) is 138 Å². The van der Waals surface area contributed by atoms with Crippen molar-refractivity contribution in [1.29, 1.82) is 0 Å². The summed E-state index contributed by atoms with van der Waals surface area (Å²) >= 11 is 7.09. The smallest absolute Gasteiger partial charge is 0.279 e. The molecule has 0 unspecified atom stereocenters. The molecule has 3 aromatic carbocycles. The standard InChI is InChI=1S/C26H15ClN4O5S/c27-16-10-8-14(9-11-16)20-13-37-26(29-25(34)15-4-3-5-17(12-15)31(35)36)30(20)22-21(28)23(32)18-6-1-2-7-19(18)24(22)33/h1-13H,28H2. The van der Waals surface area contributed by atoms with Crippen molar-refractivity contribution >= 4 is 51.8 Å². The number of nitro groups is 1. The van der Waals surface area contributed by atoms with Gasteiger partial charge >= 0.3 is 0 Å². The lowest BCUT2D eigenvalue weighted by atomic mass is 9.90. The molecule has 182 valence electrons. The second-order valence-corrected chi connectivity index (χ2v) is 9.21. The summed E-state index contributed by atoms with van der Waals surface area (Å²) in [6.07, 6.45) is 0. The van der Waals surface area contributed by atoms with E-state index in [2.05, 4.69) is 4.99 Å². The van der Waals surface area contributed by atoms with Gasteiger partial charge in [-0.1, -0.05) is 54.1 Å². The molecular formula is C26H15ClN4O5S. The predicted octanol–water partition coefficient (Wildman–Crippen LogP) is 4.73. The molecule has 1 heterocycles. The lowest BCUT2D eigenvalue weighted by Gasteiger charge is -2.20. The van der Waals surface area contributed by atoms with Crippen LogP contribution in [0.25, 0.3) is 17.0 Å². The minimum atomic E-state index is -0.767. The molecule has 37 heavy (non-hydrogen) atoms. The van der Waals surface area contributed by atoms with Gasteiger partial charge in [-0.15, -0.1) is 11.3 Å². The molecule has 0 saturated heterocycles. The monoisotopic (exact) mass is 530 g/mol. The Morgan fingerprint density at radius 2 is 1.65 bits per heavy atom. The van der Waals surface area contributed by atoms with Crippen LogP contribution < -0.4 is 10.5 Å². The van der Waals surface area contributed by atoms with E-state index in [9.17, 15) is 24.5 Å². The highest BCUT2D eigenvalue weighted by Gasteiger charge is 2.33. The van der Waals surface area contributed by atoms with Gasteiger partial charge in [0.05, 0.1) is 10.6 Å². The van der Waals surface area contributed by atoms with Crippen LogP contribution in [0, 0.1) is 10.1 Å². The number of carbonyl (C=O) groups excluding carboxylic acids is 3.